The first-order chi connectivity index (χ1) is 7.20. The Morgan fingerprint density at radius 3 is 2.87 bits per heavy atom. The quantitative estimate of drug-likeness (QED) is 0.908. The van der Waals surface area contributed by atoms with E-state index in [0.29, 0.717) is 5.89 Å². The Balaban J connectivity index is 2.44. The van der Waals surface area contributed by atoms with Crippen LogP contribution in [0, 0.1) is 6.92 Å². The minimum atomic E-state index is -0.215. The SMILES string of the molecule is Cc1ccc(-c2nc(CO)no2)c(Br)c1. The third-order valence-corrected chi connectivity index (χ3v) is 2.62. The van der Waals surface area contributed by atoms with Crippen molar-refractivity contribution in [1.82, 2.24) is 10.1 Å². The van der Waals surface area contributed by atoms with Crippen molar-refractivity contribution in [2.75, 3.05) is 0 Å². The molecule has 0 bridgehead atoms. The van der Waals surface area contributed by atoms with Gasteiger partial charge in [0, 0.05) is 4.47 Å². The first kappa shape index (κ1) is 10.3. The molecule has 0 radical (unpaired) electrons. The first-order valence-electron chi connectivity index (χ1n) is 4.40. The van der Waals surface area contributed by atoms with Gasteiger partial charge in [-0.05, 0) is 40.5 Å². The molecule has 4 nitrogen and oxygen atoms in total. The highest BCUT2D eigenvalue weighted by atomic mass is 79.9. The Bertz CT molecular complexity index is 482. The fourth-order valence-corrected chi connectivity index (χ4v) is 1.88. The maximum Gasteiger partial charge on any atom is 0.259 e. The monoisotopic (exact) mass is 268 g/mol. The van der Waals surface area contributed by atoms with E-state index in [9.17, 15) is 0 Å². The lowest BCUT2D eigenvalue weighted by molar-refractivity contribution is 0.264. The fourth-order valence-electron chi connectivity index (χ4n) is 1.22. The third-order valence-electron chi connectivity index (χ3n) is 1.96. The summed E-state index contributed by atoms with van der Waals surface area (Å²) in [4.78, 5) is 4.03. The van der Waals surface area contributed by atoms with Gasteiger partial charge < -0.3 is 9.63 Å². The van der Waals surface area contributed by atoms with Crippen molar-refractivity contribution >= 4 is 15.9 Å². The second kappa shape index (κ2) is 4.12. The lowest BCUT2D eigenvalue weighted by atomic mass is 10.1. The molecule has 15 heavy (non-hydrogen) atoms. The summed E-state index contributed by atoms with van der Waals surface area (Å²) >= 11 is 3.42. The van der Waals surface area contributed by atoms with Crippen molar-refractivity contribution in [2.45, 2.75) is 13.5 Å². The fraction of sp³-hybridized carbons (Fsp3) is 0.200. The molecule has 2 rings (SSSR count). The molecular weight excluding hydrogens is 260 g/mol. The molecule has 0 atom stereocenters. The van der Waals surface area contributed by atoms with Crippen LogP contribution in [0.3, 0.4) is 0 Å². The van der Waals surface area contributed by atoms with Gasteiger partial charge in [-0.3, -0.25) is 0 Å². The Labute approximate surface area is 95.1 Å². The van der Waals surface area contributed by atoms with E-state index in [-0.39, 0.29) is 12.4 Å². The van der Waals surface area contributed by atoms with Gasteiger partial charge in [-0.1, -0.05) is 11.2 Å². The van der Waals surface area contributed by atoms with Gasteiger partial charge in [0.2, 0.25) is 0 Å². The van der Waals surface area contributed by atoms with Crippen LogP contribution < -0.4 is 0 Å². The minimum absolute atomic E-state index is 0.215. The Morgan fingerprint density at radius 2 is 2.27 bits per heavy atom. The van der Waals surface area contributed by atoms with Crippen LogP contribution in [0.15, 0.2) is 27.2 Å². The molecule has 0 aliphatic rings. The lowest BCUT2D eigenvalue weighted by Gasteiger charge is -1.99. The Morgan fingerprint density at radius 1 is 1.47 bits per heavy atom. The van der Waals surface area contributed by atoms with Crippen molar-refractivity contribution < 1.29 is 9.63 Å². The molecule has 0 saturated carbocycles. The van der Waals surface area contributed by atoms with E-state index in [2.05, 4.69) is 26.1 Å². The highest BCUT2D eigenvalue weighted by Gasteiger charge is 2.11. The zero-order valence-electron chi connectivity index (χ0n) is 8.07. The van der Waals surface area contributed by atoms with Crippen LogP contribution in [0.4, 0.5) is 0 Å². The molecule has 1 aromatic heterocycles. The van der Waals surface area contributed by atoms with Crippen LogP contribution >= 0.6 is 15.9 Å². The highest BCUT2D eigenvalue weighted by Crippen LogP contribution is 2.27. The molecule has 0 amide bonds. The average molecular weight is 269 g/mol. The van der Waals surface area contributed by atoms with Crippen LogP contribution in [0.25, 0.3) is 11.5 Å². The Hall–Kier alpha value is -1.20. The van der Waals surface area contributed by atoms with Gasteiger partial charge >= 0.3 is 0 Å². The maximum atomic E-state index is 8.81. The molecule has 0 fully saturated rings. The summed E-state index contributed by atoms with van der Waals surface area (Å²) in [5, 5.41) is 12.4. The molecule has 1 N–H and O–H groups in total. The normalized spacial score (nSPS) is 10.6. The summed E-state index contributed by atoms with van der Waals surface area (Å²) in [7, 11) is 0. The number of benzene rings is 1. The van der Waals surface area contributed by atoms with Gasteiger partial charge in [-0.25, -0.2) is 0 Å². The van der Waals surface area contributed by atoms with Crippen LogP contribution in [0.1, 0.15) is 11.4 Å². The van der Waals surface area contributed by atoms with E-state index < -0.39 is 0 Å². The van der Waals surface area contributed by atoms with Gasteiger partial charge in [0.05, 0.1) is 5.56 Å². The number of hydrogen-bond donors (Lipinski definition) is 1. The lowest BCUT2D eigenvalue weighted by Crippen LogP contribution is -1.85. The molecular formula is C10H9BrN2O2. The Kier molecular flexibility index (Phi) is 2.83. The van der Waals surface area contributed by atoms with Crippen LogP contribution in [-0.2, 0) is 6.61 Å². The van der Waals surface area contributed by atoms with Gasteiger partial charge in [0.15, 0.2) is 5.82 Å². The largest absolute Gasteiger partial charge is 0.388 e. The molecule has 2 aromatic rings. The van der Waals surface area contributed by atoms with Crippen molar-refractivity contribution in [3.63, 3.8) is 0 Å². The van der Waals surface area contributed by atoms with Crippen LogP contribution in [0.5, 0.6) is 0 Å². The van der Waals surface area contributed by atoms with E-state index in [1.54, 1.807) is 0 Å². The van der Waals surface area contributed by atoms with E-state index >= 15 is 0 Å². The van der Waals surface area contributed by atoms with Crippen molar-refractivity contribution in [3.05, 3.63) is 34.1 Å². The summed E-state index contributed by atoms with van der Waals surface area (Å²) in [6, 6.07) is 5.83. The van der Waals surface area contributed by atoms with Crippen molar-refractivity contribution in [3.8, 4) is 11.5 Å². The third kappa shape index (κ3) is 2.08. The molecule has 1 aromatic carbocycles. The molecule has 78 valence electrons. The van der Waals surface area contributed by atoms with E-state index in [1.807, 2.05) is 25.1 Å². The molecule has 0 aliphatic carbocycles. The van der Waals surface area contributed by atoms with E-state index in [1.165, 1.54) is 0 Å². The second-order valence-electron chi connectivity index (χ2n) is 3.16. The number of rotatable bonds is 2. The van der Waals surface area contributed by atoms with Crippen LogP contribution in [-0.4, -0.2) is 15.2 Å². The number of aromatic nitrogens is 2. The van der Waals surface area contributed by atoms with E-state index in [0.717, 1.165) is 15.6 Å². The van der Waals surface area contributed by atoms with Gasteiger partial charge in [0.25, 0.3) is 5.89 Å². The number of hydrogen-bond acceptors (Lipinski definition) is 4. The van der Waals surface area contributed by atoms with Crippen molar-refractivity contribution in [1.29, 1.82) is 0 Å². The number of nitrogens with zero attached hydrogens (tertiary/aromatic N) is 2. The van der Waals surface area contributed by atoms with Crippen molar-refractivity contribution in [2.24, 2.45) is 0 Å². The molecule has 0 spiro atoms. The molecule has 0 saturated heterocycles. The predicted octanol–water partition coefficient (Wildman–Crippen LogP) is 2.30. The zero-order valence-corrected chi connectivity index (χ0v) is 9.65. The summed E-state index contributed by atoms with van der Waals surface area (Å²) in [5.74, 6) is 0.698. The number of aliphatic hydroxyl groups is 1. The average Bonchev–Trinajstić information content (AvgIpc) is 2.66. The topological polar surface area (TPSA) is 59.2 Å². The number of halogens is 1. The summed E-state index contributed by atoms with van der Waals surface area (Å²) in [6.45, 7) is 1.79. The summed E-state index contributed by atoms with van der Waals surface area (Å²) in [5.41, 5.74) is 1.97. The molecule has 1 heterocycles. The minimum Gasteiger partial charge on any atom is -0.388 e. The smallest absolute Gasteiger partial charge is 0.259 e. The predicted molar refractivity (Wildman–Crippen MR) is 58.1 cm³/mol. The number of aliphatic hydroxyl groups excluding tert-OH is 1. The standard InChI is InChI=1S/C10H9BrN2O2/c1-6-2-3-7(8(11)4-6)10-12-9(5-14)13-15-10/h2-4,14H,5H2,1H3. The summed E-state index contributed by atoms with van der Waals surface area (Å²) < 4.78 is 5.91. The first-order valence-corrected chi connectivity index (χ1v) is 5.20. The molecule has 5 heteroatoms. The maximum absolute atomic E-state index is 8.81. The second-order valence-corrected chi connectivity index (χ2v) is 4.01. The van der Waals surface area contributed by atoms with Gasteiger partial charge in [-0.15, -0.1) is 0 Å². The number of aryl methyl sites for hydroxylation is 1. The van der Waals surface area contributed by atoms with Gasteiger partial charge in [0.1, 0.15) is 6.61 Å². The molecule has 0 unspecified atom stereocenters. The van der Waals surface area contributed by atoms with E-state index in [4.69, 9.17) is 9.63 Å². The van der Waals surface area contributed by atoms with Gasteiger partial charge in [-0.2, -0.15) is 4.98 Å². The highest BCUT2D eigenvalue weighted by molar-refractivity contribution is 9.10. The zero-order chi connectivity index (χ0) is 10.8. The van der Waals surface area contributed by atoms with Crippen LogP contribution in [0.2, 0.25) is 0 Å². The summed E-state index contributed by atoms with van der Waals surface area (Å²) in [6.07, 6.45) is 0. The molecule has 0 aliphatic heterocycles.